The smallest absolute Gasteiger partial charge is 0.401 e. The summed E-state index contributed by atoms with van der Waals surface area (Å²) in [5.41, 5.74) is 0.273. The van der Waals surface area contributed by atoms with Crippen molar-refractivity contribution < 1.29 is 22.7 Å². The minimum Gasteiger partial charge on any atom is -0.464 e. The van der Waals surface area contributed by atoms with Crippen LogP contribution in [0.3, 0.4) is 0 Å². The van der Waals surface area contributed by atoms with Crippen molar-refractivity contribution in [2.24, 2.45) is 0 Å². The summed E-state index contributed by atoms with van der Waals surface area (Å²) in [6.45, 7) is 2.46. The minimum absolute atomic E-state index is 0.273. The zero-order chi connectivity index (χ0) is 15.6. The summed E-state index contributed by atoms with van der Waals surface area (Å²) in [5, 5.41) is 0.652. The number of ether oxygens (including phenoxy) is 1. The Morgan fingerprint density at radius 3 is 2.48 bits per heavy atom. The normalized spacial score (nSPS) is 17.1. The number of methoxy groups -OCH3 is 1. The van der Waals surface area contributed by atoms with Gasteiger partial charge in [-0.1, -0.05) is 0 Å². The summed E-state index contributed by atoms with van der Waals surface area (Å²) in [4.78, 5) is 19.8. The van der Waals surface area contributed by atoms with E-state index in [0.29, 0.717) is 31.3 Å². The molecule has 1 aromatic rings. The highest BCUT2D eigenvalue weighted by Gasteiger charge is 2.32. The van der Waals surface area contributed by atoms with E-state index in [1.807, 2.05) is 4.90 Å². The third-order valence-corrected chi connectivity index (χ3v) is 4.24. The second-order valence-corrected chi connectivity index (χ2v) is 5.95. The Bertz CT molecular complexity index is 510. The van der Waals surface area contributed by atoms with Gasteiger partial charge in [-0.15, -0.1) is 11.3 Å². The number of halogens is 3. The predicted molar refractivity (Wildman–Crippen MR) is 72.9 cm³/mol. The van der Waals surface area contributed by atoms with Crippen LogP contribution in [0, 0.1) is 6.92 Å². The number of thiazole rings is 1. The lowest BCUT2D eigenvalue weighted by molar-refractivity contribution is -0.146. The number of hydrogen-bond acceptors (Lipinski definition) is 6. The molecule has 0 unspecified atom stereocenters. The van der Waals surface area contributed by atoms with E-state index < -0.39 is 18.7 Å². The third-order valence-electron chi connectivity index (χ3n) is 3.21. The largest absolute Gasteiger partial charge is 0.464 e. The molecule has 5 nitrogen and oxygen atoms in total. The van der Waals surface area contributed by atoms with E-state index in [2.05, 4.69) is 9.72 Å². The maximum absolute atomic E-state index is 12.3. The van der Waals surface area contributed by atoms with Crippen LogP contribution in [-0.4, -0.2) is 61.9 Å². The van der Waals surface area contributed by atoms with Crippen LogP contribution in [-0.2, 0) is 4.74 Å². The fourth-order valence-electron chi connectivity index (χ4n) is 2.15. The number of aryl methyl sites for hydroxylation is 1. The number of carbonyl (C=O) groups is 1. The molecule has 0 atom stereocenters. The van der Waals surface area contributed by atoms with Crippen LogP contribution in [0.1, 0.15) is 15.4 Å². The summed E-state index contributed by atoms with van der Waals surface area (Å²) >= 11 is 1.35. The predicted octanol–water partition coefficient (Wildman–Crippen LogP) is 1.92. The average Bonchev–Trinajstić information content (AvgIpc) is 2.79. The van der Waals surface area contributed by atoms with Gasteiger partial charge in [-0.2, -0.15) is 13.2 Å². The number of rotatable bonds is 3. The number of esters is 1. The molecule has 0 radical (unpaired) electrons. The highest BCUT2D eigenvalue weighted by Crippen LogP contribution is 2.27. The quantitative estimate of drug-likeness (QED) is 0.795. The first-order chi connectivity index (χ1) is 9.80. The molecule has 0 amide bonds. The van der Waals surface area contributed by atoms with Crippen LogP contribution in [0.25, 0.3) is 0 Å². The molecule has 1 aliphatic heterocycles. The van der Waals surface area contributed by atoms with Gasteiger partial charge in [-0.3, -0.25) is 4.90 Å². The second-order valence-electron chi connectivity index (χ2n) is 4.77. The standard InChI is InChI=1S/C12H16F3N3O2S/c1-8-9(10(19)20-2)16-11(21-8)18-5-3-17(4-6-18)7-12(13,14)15/h3-7H2,1-2H3. The Labute approximate surface area is 124 Å². The molecule has 1 saturated heterocycles. The molecule has 1 aliphatic rings. The highest BCUT2D eigenvalue weighted by molar-refractivity contribution is 7.15. The van der Waals surface area contributed by atoms with Crippen molar-refractivity contribution in [3.63, 3.8) is 0 Å². The van der Waals surface area contributed by atoms with Crippen molar-refractivity contribution in [2.75, 3.05) is 44.7 Å². The lowest BCUT2D eigenvalue weighted by Gasteiger charge is -2.34. The zero-order valence-electron chi connectivity index (χ0n) is 11.7. The van der Waals surface area contributed by atoms with Crippen LogP contribution < -0.4 is 4.90 Å². The number of anilines is 1. The molecule has 0 aromatic carbocycles. The van der Waals surface area contributed by atoms with E-state index in [9.17, 15) is 18.0 Å². The highest BCUT2D eigenvalue weighted by atomic mass is 32.1. The maximum Gasteiger partial charge on any atom is 0.401 e. The van der Waals surface area contributed by atoms with Gasteiger partial charge in [-0.25, -0.2) is 9.78 Å². The average molecular weight is 323 g/mol. The van der Waals surface area contributed by atoms with Gasteiger partial charge in [0.05, 0.1) is 13.7 Å². The summed E-state index contributed by atoms with van der Waals surface area (Å²) in [5.74, 6) is -0.495. The van der Waals surface area contributed by atoms with Crippen molar-refractivity contribution >= 4 is 22.4 Å². The van der Waals surface area contributed by atoms with Gasteiger partial charge < -0.3 is 9.64 Å². The Balaban J connectivity index is 1.98. The number of piperazine rings is 1. The number of nitrogens with zero attached hydrogens (tertiary/aromatic N) is 3. The molecular formula is C12H16F3N3O2S. The molecule has 0 spiro atoms. The van der Waals surface area contributed by atoms with Gasteiger partial charge in [0, 0.05) is 31.1 Å². The molecule has 9 heteroatoms. The molecule has 2 rings (SSSR count). The van der Waals surface area contributed by atoms with E-state index in [4.69, 9.17) is 0 Å². The molecule has 2 heterocycles. The minimum atomic E-state index is -4.17. The Hall–Kier alpha value is -1.35. The van der Waals surface area contributed by atoms with Gasteiger partial charge in [0.1, 0.15) is 0 Å². The Kier molecular flexibility index (Phi) is 4.72. The zero-order valence-corrected chi connectivity index (χ0v) is 12.6. The van der Waals surface area contributed by atoms with Gasteiger partial charge >= 0.3 is 12.1 Å². The van der Waals surface area contributed by atoms with E-state index in [1.165, 1.54) is 23.3 Å². The molecule has 21 heavy (non-hydrogen) atoms. The van der Waals surface area contributed by atoms with Gasteiger partial charge in [-0.05, 0) is 6.92 Å². The maximum atomic E-state index is 12.3. The van der Waals surface area contributed by atoms with Crippen LogP contribution >= 0.6 is 11.3 Å². The number of alkyl halides is 3. The van der Waals surface area contributed by atoms with E-state index in [-0.39, 0.29) is 5.69 Å². The van der Waals surface area contributed by atoms with Crippen LogP contribution in [0.15, 0.2) is 0 Å². The van der Waals surface area contributed by atoms with E-state index in [0.717, 1.165) is 4.88 Å². The fraction of sp³-hybridized carbons (Fsp3) is 0.667. The molecule has 1 aromatic heterocycles. The number of aromatic nitrogens is 1. The third kappa shape index (κ3) is 4.07. The van der Waals surface area contributed by atoms with Gasteiger partial charge in [0.15, 0.2) is 10.8 Å². The van der Waals surface area contributed by atoms with Crippen LogP contribution in [0.5, 0.6) is 0 Å². The molecule has 0 saturated carbocycles. The van der Waals surface area contributed by atoms with Crippen molar-refractivity contribution in [2.45, 2.75) is 13.1 Å². The first-order valence-corrected chi connectivity index (χ1v) is 7.21. The fourth-order valence-corrected chi connectivity index (χ4v) is 3.10. The first kappa shape index (κ1) is 16.0. The lowest BCUT2D eigenvalue weighted by Crippen LogP contribution is -2.49. The number of hydrogen-bond donors (Lipinski definition) is 0. The molecule has 0 aliphatic carbocycles. The Morgan fingerprint density at radius 1 is 1.33 bits per heavy atom. The SMILES string of the molecule is COC(=O)c1nc(N2CCN(CC(F)(F)F)CC2)sc1C. The topological polar surface area (TPSA) is 45.7 Å². The van der Waals surface area contributed by atoms with Crippen LogP contribution in [0.4, 0.5) is 18.3 Å². The van der Waals surface area contributed by atoms with Crippen molar-refractivity contribution in [1.82, 2.24) is 9.88 Å². The van der Waals surface area contributed by atoms with Gasteiger partial charge in [0.25, 0.3) is 0 Å². The van der Waals surface area contributed by atoms with E-state index in [1.54, 1.807) is 6.92 Å². The molecule has 0 bridgehead atoms. The van der Waals surface area contributed by atoms with Crippen LogP contribution in [0.2, 0.25) is 0 Å². The molecular weight excluding hydrogens is 307 g/mol. The number of carbonyl (C=O) groups excluding carboxylic acids is 1. The summed E-state index contributed by atoms with van der Waals surface area (Å²) < 4.78 is 41.6. The summed E-state index contributed by atoms with van der Waals surface area (Å²) in [7, 11) is 1.29. The molecule has 1 fully saturated rings. The molecule has 118 valence electrons. The Morgan fingerprint density at radius 2 is 1.95 bits per heavy atom. The second kappa shape index (κ2) is 6.18. The lowest BCUT2D eigenvalue weighted by atomic mass is 10.3. The monoisotopic (exact) mass is 323 g/mol. The van der Waals surface area contributed by atoms with Crippen molar-refractivity contribution in [3.8, 4) is 0 Å². The summed E-state index contributed by atoms with van der Waals surface area (Å²) in [6, 6.07) is 0. The first-order valence-electron chi connectivity index (χ1n) is 6.40. The van der Waals surface area contributed by atoms with Crippen molar-refractivity contribution in [3.05, 3.63) is 10.6 Å². The van der Waals surface area contributed by atoms with E-state index >= 15 is 0 Å². The molecule has 0 N–H and O–H groups in total. The van der Waals surface area contributed by atoms with Gasteiger partial charge in [0.2, 0.25) is 0 Å². The summed E-state index contributed by atoms with van der Waals surface area (Å²) in [6.07, 6.45) is -4.17. The van der Waals surface area contributed by atoms with Crippen molar-refractivity contribution in [1.29, 1.82) is 0 Å².